The van der Waals surface area contributed by atoms with Crippen molar-refractivity contribution in [3.63, 3.8) is 0 Å². The van der Waals surface area contributed by atoms with Gasteiger partial charge in [0, 0.05) is 0 Å². The first kappa shape index (κ1) is 15.4. The van der Waals surface area contributed by atoms with Crippen LogP contribution in [0.1, 0.15) is 16.7 Å². The average Bonchev–Trinajstić information content (AvgIpc) is 2.46. The first-order valence-corrected chi connectivity index (χ1v) is 6.57. The van der Waals surface area contributed by atoms with Gasteiger partial charge in [-0.25, -0.2) is 0 Å². The number of benzene rings is 2. The van der Waals surface area contributed by atoms with Gasteiger partial charge in [-0.1, -0.05) is 24.3 Å². The van der Waals surface area contributed by atoms with Crippen LogP contribution in [0.4, 0.5) is 13.2 Å². The van der Waals surface area contributed by atoms with Gasteiger partial charge in [0.2, 0.25) is 0 Å². The summed E-state index contributed by atoms with van der Waals surface area (Å²) in [4.78, 5) is 0. The van der Waals surface area contributed by atoms with Crippen molar-refractivity contribution in [2.75, 3.05) is 6.54 Å². The van der Waals surface area contributed by atoms with Gasteiger partial charge in [0.15, 0.2) is 0 Å². The zero-order valence-corrected chi connectivity index (χ0v) is 11.4. The van der Waals surface area contributed by atoms with Crippen LogP contribution in [-0.4, -0.2) is 6.54 Å². The monoisotopic (exact) mass is 295 g/mol. The topological polar surface area (TPSA) is 35.2 Å². The maximum Gasteiger partial charge on any atom is 0.416 e. The fraction of sp³-hybridized carbons (Fsp3) is 0.250. The summed E-state index contributed by atoms with van der Waals surface area (Å²) in [6, 6.07) is 12.5. The molecule has 5 heteroatoms. The smallest absolute Gasteiger partial charge is 0.416 e. The highest BCUT2D eigenvalue weighted by molar-refractivity contribution is 5.28. The molecule has 2 aromatic carbocycles. The van der Waals surface area contributed by atoms with Gasteiger partial charge in [0.25, 0.3) is 0 Å². The number of hydrogen-bond donors (Lipinski definition) is 1. The third-order valence-corrected chi connectivity index (χ3v) is 3.04. The largest absolute Gasteiger partial charge is 0.489 e. The van der Waals surface area contributed by atoms with Gasteiger partial charge in [-0.15, -0.1) is 0 Å². The molecule has 0 atom stereocenters. The molecule has 0 saturated carbocycles. The molecule has 0 fully saturated rings. The van der Waals surface area contributed by atoms with Gasteiger partial charge >= 0.3 is 6.18 Å². The molecule has 2 nitrogen and oxygen atoms in total. The van der Waals surface area contributed by atoms with Crippen molar-refractivity contribution in [2.45, 2.75) is 19.2 Å². The Balaban J connectivity index is 1.93. The summed E-state index contributed by atoms with van der Waals surface area (Å²) in [6.45, 7) is 0.820. The Bertz CT molecular complexity index is 562. The Labute approximate surface area is 121 Å². The van der Waals surface area contributed by atoms with Crippen LogP contribution in [0, 0.1) is 0 Å². The highest BCUT2D eigenvalue weighted by Gasteiger charge is 2.29. The zero-order valence-electron chi connectivity index (χ0n) is 11.4. The van der Waals surface area contributed by atoms with Crippen molar-refractivity contribution in [1.29, 1.82) is 0 Å². The molecule has 0 unspecified atom stereocenters. The van der Waals surface area contributed by atoms with Crippen molar-refractivity contribution in [3.8, 4) is 5.75 Å². The maximum absolute atomic E-state index is 12.4. The van der Waals surface area contributed by atoms with Crippen LogP contribution in [0.2, 0.25) is 0 Å². The molecular weight excluding hydrogens is 279 g/mol. The number of hydrogen-bond acceptors (Lipinski definition) is 2. The van der Waals surface area contributed by atoms with Crippen molar-refractivity contribution < 1.29 is 17.9 Å². The number of rotatable bonds is 5. The molecule has 0 heterocycles. The SMILES string of the molecule is NCCc1ccc(OCc2ccc(C(F)(F)F)cc2)cc1. The Kier molecular flexibility index (Phi) is 4.85. The molecule has 0 aromatic heterocycles. The molecule has 0 aliphatic carbocycles. The normalized spacial score (nSPS) is 11.4. The second kappa shape index (κ2) is 6.63. The lowest BCUT2D eigenvalue weighted by molar-refractivity contribution is -0.137. The summed E-state index contributed by atoms with van der Waals surface area (Å²) >= 11 is 0. The van der Waals surface area contributed by atoms with Gasteiger partial charge in [-0.3, -0.25) is 0 Å². The van der Waals surface area contributed by atoms with E-state index in [9.17, 15) is 13.2 Å². The van der Waals surface area contributed by atoms with E-state index in [1.165, 1.54) is 12.1 Å². The molecule has 2 N–H and O–H groups in total. The summed E-state index contributed by atoms with van der Waals surface area (Å²) in [6.07, 6.45) is -3.50. The molecule has 0 aliphatic rings. The highest BCUT2D eigenvalue weighted by Crippen LogP contribution is 2.29. The Morgan fingerprint density at radius 1 is 0.857 bits per heavy atom. The van der Waals surface area contributed by atoms with E-state index >= 15 is 0 Å². The molecule has 0 spiro atoms. The van der Waals surface area contributed by atoms with Gasteiger partial charge in [0.05, 0.1) is 5.56 Å². The molecule has 2 aromatic rings. The summed E-state index contributed by atoms with van der Waals surface area (Å²) in [5.41, 5.74) is 6.62. The molecule has 0 radical (unpaired) electrons. The van der Waals surface area contributed by atoms with E-state index in [1.54, 1.807) is 0 Å². The summed E-state index contributed by atoms with van der Waals surface area (Å²) in [5, 5.41) is 0. The maximum atomic E-state index is 12.4. The predicted molar refractivity (Wildman–Crippen MR) is 75.0 cm³/mol. The molecular formula is C16H16F3NO. The first-order valence-electron chi connectivity index (χ1n) is 6.57. The molecule has 21 heavy (non-hydrogen) atoms. The second-order valence-electron chi connectivity index (χ2n) is 4.67. The minimum absolute atomic E-state index is 0.231. The number of halogens is 3. The van der Waals surface area contributed by atoms with E-state index in [2.05, 4.69) is 0 Å². The lowest BCUT2D eigenvalue weighted by Gasteiger charge is -2.09. The number of alkyl halides is 3. The second-order valence-corrected chi connectivity index (χ2v) is 4.67. The first-order chi connectivity index (χ1) is 9.99. The lowest BCUT2D eigenvalue weighted by atomic mass is 10.1. The fourth-order valence-corrected chi connectivity index (χ4v) is 1.88. The van der Waals surface area contributed by atoms with Crippen LogP contribution in [0.3, 0.4) is 0 Å². The Hall–Kier alpha value is -2.01. The number of nitrogens with two attached hydrogens (primary N) is 1. The molecule has 0 aliphatic heterocycles. The van der Waals surface area contributed by atoms with Crippen molar-refractivity contribution in [1.82, 2.24) is 0 Å². The van der Waals surface area contributed by atoms with Gasteiger partial charge < -0.3 is 10.5 Å². The van der Waals surface area contributed by atoms with E-state index in [4.69, 9.17) is 10.5 Å². The van der Waals surface area contributed by atoms with Crippen molar-refractivity contribution in [2.24, 2.45) is 5.73 Å². The highest BCUT2D eigenvalue weighted by atomic mass is 19.4. The minimum atomic E-state index is -4.31. The standard InChI is InChI=1S/C16H16F3NO/c17-16(18,19)14-5-1-13(2-6-14)11-21-15-7-3-12(4-8-15)9-10-20/h1-8H,9-11,20H2. The number of ether oxygens (including phenoxy) is 1. The molecule has 0 amide bonds. The zero-order chi connectivity index (χ0) is 15.3. The van der Waals surface area contributed by atoms with E-state index in [0.29, 0.717) is 17.9 Å². The lowest BCUT2D eigenvalue weighted by Crippen LogP contribution is -2.05. The van der Waals surface area contributed by atoms with Crippen molar-refractivity contribution >= 4 is 0 Å². The van der Waals surface area contributed by atoms with Crippen LogP contribution in [0.5, 0.6) is 5.75 Å². The van der Waals surface area contributed by atoms with Gasteiger partial charge in [-0.2, -0.15) is 13.2 Å². The average molecular weight is 295 g/mol. The third kappa shape index (κ3) is 4.49. The Morgan fingerprint density at radius 2 is 1.43 bits per heavy atom. The van der Waals surface area contributed by atoms with Crippen molar-refractivity contribution in [3.05, 3.63) is 65.2 Å². The van der Waals surface area contributed by atoms with E-state index < -0.39 is 11.7 Å². The molecule has 0 saturated heterocycles. The summed E-state index contributed by atoms with van der Waals surface area (Å²) < 4.78 is 42.8. The minimum Gasteiger partial charge on any atom is -0.489 e. The van der Waals surface area contributed by atoms with Crippen LogP contribution in [0.15, 0.2) is 48.5 Å². The van der Waals surface area contributed by atoms with Crippen LogP contribution in [-0.2, 0) is 19.2 Å². The van der Waals surface area contributed by atoms with Gasteiger partial charge in [-0.05, 0) is 48.4 Å². The van der Waals surface area contributed by atoms with E-state index in [-0.39, 0.29) is 6.61 Å². The van der Waals surface area contributed by atoms with Crippen LogP contribution >= 0.6 is 0 Å². The third-order valence-electron chi connectivity index (χ3n) is 3.04. The summed E-state index contributed by atoms with van der Waals surface area (Å²) in [5.74, 6) is 0.677. The predicted octanol–water partition coefficient (Wildman–Crippen LogP) is 3.79. The summed E-state index contributed by atoms with van der Waals surface area (Å²) in [7, 11) is 0. The van der Waals surface area contributed by atoms with E-state index in [1.807, 2.05) is 24.3 Å². The van der Waals surface area contributed by atoms with Gasteiger partial charge in [0.1, 0.15) is 12.4 Å². The molecule has 2 rings (SSSR count). The molecule has 112 valence electrons. The Morgan fingerprint density at radius 3 is 1.95 bits per heavy atom. The molecule has 0 bridgehead atoms. The van der Waals surface area contributed by atoms with Crippen LogP contribution in [0.25, 0.3) is 0 Å². The fourth-order valence-electron chi connectivity index (χ4n) is 1.88. The van der Waals surface area contributed by atoms with Crippen LogP contribution < -0.4 is 10.5 Å². The van der Waals surface area contributed by atoms with E-state index in [0.717, 1.165) is 24.1 Å². The quantitative estimate of drug-likeness (QED) is 0.911.